The fourth-order valence-electron chi connectivity index (χ4n) is 3.16. The molecule has 6 nitrogen and oxygen atoms in total. The van der Waals surface area contributed by atoms with E-state index in [4.69, 9.17) is 11.6 Å². The van der Waals surface area contributed by atoms with Gasteiger partial charge in [0.1, 0.15) is 5.69 Å². The number of aromatic amines is 1. The summed E-state index contributed by atoms with van der Waals surface area (Å²) in [6.45, 7) is 0. The summed E-state index contributed by atoms with van der Waals surface area (Å²) in [5, 5.41) is 11.8. The zero-order chi connectivity index (χ0) is 21.6. The lowest BCUT2D eigenvalue weighted by Gasteiger charge is -2.08. The molecule has 0 atom stereocenters. The second-order valence-corrected chi connectivity index (χ2v) is 6.79. The molecule has 2 aromatic carbocycles. The van der Waals surface area contributed by atoms with Crippen LogP contribution in [0.1, 0.15) is 16.1 Å². The number of halogens is 4. The summed E-state index contributed by atoms with van der Waals surface area (Å²) in [5.74, 6) is -1.25. The second kappa shape index (κ2) is 7.03. The van der Waals surface area contributed by atoms with Crippen LogP contribution in [0, 0.1) is 0 Å². The monoisotopic (exact) mass is 433 g/mol. The molecule has 0 spiro atoms. The number of alkyl halides is 3. The van der Waals surface area contributed by atoms with E-state index in [9.17, 15) is 27.9 Å². The van der Waals surface area contributed by atoms with Crippen molar-refractivity contribution in [1.82, 2.24) is 14.6 Å². The summed E-state index contributed by atoms with van der Waals surface area (Å²) in [6, 6.07) is 12.4. The van der Waals surface area contributed by atoms with E-state index in [1.54, 1.807) is 6.07 Å². The van der Waals surface area contributed by atoms with Crippen LogP contribution in [-0.2, 0) is 6.18 Å². The molecule has 10 heteroatoms. The number of rotatable bonds is 3. The van der Waals surface area contributed by atoms with E-state index in [1.165, 1.54) is 42.5 Å². The number of carboxylic acids is 1. The highest BCUT2D eigenvalue weighted by atomic mass is 35.5. The first kappa shape index (κ1) is 19.7. The summed E-state index contributed by atoms with van der Waals surface area (Å²) in [5.41, 5.74) is -2.53. The SMILES string of the molecule is O=C(O)c1ccccc1-c1cc(=O)n2[nH]c(C(F)(F)F)c(-c3ccc(Cl)cc3)c2n1. The van der Waals surface area contributed by atoms with Crippen LogP contribution >= 0.6 is 11.6 Å². The molecule has 2 aromatic heterocycles. The van der Waals surface area contributed by atoms with Gasteiger partial charge in [0.25, 0.3) is 5.56 Å². The molecule has 2 N–H and O–H groups in total. The van der Waals surface area contributed by atoms with Crippen molar-refractivity contribution in [1.29, 1.82) is 0 Å². The van der Waals surface area contributed by atoms with Crippen LogP contribution in [-0.4, -0.2) is 25.7 Å². The van der Waals surface area contributed by atoms with Crippen molar-refractivity contribution in [3.05, 3.63) is 81.2 Å². The lowest BCUT2D eigenvalue weighted by atomic mass is 10.0. The smallest absolute Gasteiger partial charge is 0.433 e. The number of nitrogens with zero attached hydrogens (tertiary/aromatic N) is 2. The molecule has 4 aromatic rings. The van der Waals surface area contributed by atoms with Gasteiger partial charge in [0.15, 0.2) is 5.65 Å². The van der Waals surface area contributed by atoms with E-state index < -0.39 is 23.4 Å². The maximum atomic E-state index is 13.7. The van der Waals surface area contributed by atoms with Gasteiger partial charge in [0.2, 0.25) is 0 Å². The van der Waals surface area contributed by atoms with Crippen molar-refractivity contribution < 1.29 is 23.1 Å². The number of carbonyl (C=O) groups is 1. The van der Waals surface area contributed by atoms with E-state index in [2.05, 4.69) is 10.1 Å². The highest BCUT2D eigenvalue weighted by molar-refractivity contribution is 6.30. The first-order chi connectivity index (χ1) is 14.2. The quantitative estimate of drug-likeness (QED) is 0.489. The highest BCUT2D eigenvalue weighted by Gasteiger charge is 2.38. The fourth-order valence-corrected chi connectivity index (χ4v) is 3.29. The number of aromatic carboxylic acids is 1. The molecule has 30 heavy (non-hydrogen) atoms. The molecular weight excluding hydrogens is 423 g/mol. The zero-order valence-corrected chi connectivity index (χ0v) is 15.6. The second-order valence-electron chi connectivity index (χ2n) is 6.36. The number of nitrogens with one attached hydrogen (secondary N) is 1. The topological polar surface area (TPSA) is 87.5 Å². The minimum atomic E-state index is -4.80. The summed E-state index contributed by atoms with van der Waals surface area (Å²) in [4.78, 5) is 28.3. The van der Waals surface area contributed by atoms with Gasteiger partial charge in [-0.15, -0.1) is 0 Å². The van der Waals surface area contributed by atoms with E-state index in [-0.39, 0.29) is 33.6 Å². The van der Waals surface area contributed by atoms with Crippen LogP contribution in [0.5, 0.6) is 0 Å². The van der Waals surface area contributed by atoms with Gasteiger partial charge in [-0.25, -0.2) is 14.3 Å². The molecule has 0 saturated carbocycles. The van der Waals surface area contributed by atoms with Gasteiger partial charge in [-0.3, -0.25) is 9.89 Å². The Balaban J connectivity index is 2.08. The average Bonchev–Trinajstić information content (AvgIpc) is 3.09. The van der Waals surface area contributed by atoms with Gasteiger partial charge in [0.05, 0.1) is 16.8 Å². The average molecular weight is 434 g/mol. The summed E-state index contributed by atoms with van der Waals surface area (Å²) in [7, 11) is 0. The van der Waals surface area contributed by atoms with Crippen molar-refractivity contribution in [3.63, 3.8) is 0 Å². The van der Waals surface area contributed by atoms with Crippen LogP contribution in [0.3, 0.4) is 0 Å². The Morgan fingerprint density at radius 1 is 1.10 bits per heavy atom. The number of hydrogen-bond donors (Lipinski definition) is 2. The van der Waals surface area contributed by atoms with Crippen molar-refractivity contribution in [3.8, 4) is 22.4 Å². The molecule has 0 aliphatic rings. The van der Waals surface area contributed by atoms with Crippen molar-refractivity contribution in [2.75, 3.05) is 0 Å². The Morgan fingerprint density at radius 3 is 2.40 bits per heavy atom. The number of hydrogen-bond acceptors (Lipinski definition) is 3. The first-order valence-corrected chi connectivity index (χ1v) is 8.86. The Labute approximate surface area is 171 Å². The highest BCUT2D eigenvalue weighted by Crippen LogP contribution is 2.38. The molecular formula is C20H11ClF3N3O3. The lowest BCUT2D eigenvalue weighted by Crippen LogP contribution is -2.16. The molecule has 0 bridgehead atoms. The normalized spacial score (nSPS) is 11.7. The predicted octanol–water partition coefficient (Wildman–Crippen LogP) is 4.73. The molecule has 0 aliphatic carbocycles. The zero-order valence-electron chi connectivity index (χ0n) is 14.9. The summed E-state index contributed by atoms with van der Waals surface area (Å²) in [6.07, 6.45) is -4.80. The number of aromatic nitrogens is 3. The number of fused-ring (bicyclic) bond motifs is 1. The summed E-state index contributed by atoms with van der Waals surface area (Å²) < 4.78 is 41.8. The molecule has 0 unspecified atom stereocenters. The minimum Gasteiger partial charge on any atom is -0.478 e. The number of carboxylic acid groups (broad SMARTS) is 1. The van der Waals surface area contributed by atoms with Crippen molar-refractivity contribution in [2.45, 2.75) is 6.18 Å². The van der Waals surface area contributed by atoms with E-state index in [1.807, 2.05) is 0 Å². The van der Waals surface area contributed by atoms with Gasteiger partial charge >= 0.3 is 12.1 Å². The molecule has 0 saturated heterocycles. The molecule has 0 fully saturated rings. The van der Waals surface area contributed by atoms with E-state index in [0.29, 0.717) is 9.54 Å². The Bertz CT molecular complexity index is 1340. The van der Waals surface area contributed by atoms with E-state index in [0.717, 1.165) is 6.07 Å². The third kappa shape index (κ3) is 3.33. The van der Waals surface area contributed by atoms with Crippen LogP contribution < -0.4 is 5.56 Å². The maximum Gasteiger partial charge on any atom is 0.433 e. The maximum absolute atomic E-state index is 13.7. The molecule has 0 aliphatic heterocycles. The van der Waals surface area contributed by atoms with E-state index >= 15 is 0 Å². The van der Waals surface area contributed by atoms with Crippen molar-refractivity contribution >= 4 is 23.2 Å². The molecule has 0 amide bonds. The number of benzene rings is 2. The van der Waals surface area contributed by atoms with Gasteiger partial charge < -0.3 is 5.11 Å². The molecule has 152 valence electrons. The van der Waals surface area contributed by atoms with Crippen LogP contribution in [0.25, 0.3) is 28.0 Å². The van der Waals surface area contributed by atoms with Gasteiger partial charge in [-0.05, 0) is 23.8 Å². The molecule has 0 radical (unpaired) electrons. The van der Waals surface area contributed by atoms with Crippen LogP contribution in [0.2, 0.25) is 5.02 Å². The third-order valence-corrected chi connectivity index (χ3v) is 4.72. The van der Waals surface area contributed by atoms with Crippen LogP contribution in [0.15, 0.2) is 59.4 Å². The summed E-state index contributed by atoms with van der Waals surface area (Å²) >= 11 is 5.84. The number of H-pyrrole nitrogens is 1. The predicted molar refractivity (Wildman–Crippen MR) is 104 cm³/mol. The Morgan fingerprint density at radius 2 is 1.77 bits per heavy atom. The lowest BCUT2D eigenvalue weighted by molar-refractivity contribution is -0.140. The van der Waals surface area contributed by atoms with Gasteiger partial charge in [0, 0.05) is 16.7 Å². The first-order valence-electron chi connectivity index (χ1n) is 8.48. The standard InChI is InChI=1S/C20H11ClF3N3O3/c21-11-7-5-10(6-8-11)16-17(20(22,23)24)26-27-15(28)9-14(25-18(16)27)12-3-1-2-4-13(12)19(29)30/h1-9,26H,(H,29,30). The Kier molecular flexibility index (Phi) is 4.62. The van der Waals surface area contributed by atoms with Gasteiger partial charge in [-0.1, -0.05) is 41.9 Å². The van der Waals surface area contributed by atoms with Crippen molar-refractivity contribution in [2.24, 2.45) is 0 Å². The third-order valence-electron chi connectivity index (χ3n) is 4.47. The van der Waals surface area contributed by atoms with Gasteiger partial charge in [-0.2, -0.15) is 13.2 Å². The van der Waals surface area contributed by atoms with Crippen LogP contribution in [0.4, 0.5) is 13.2 Å². The molecule has 4 rings (SSSR count). The fraction of sp³-hybridized carbons (Fsp3) is 0.0500. The largest absolute Gasteiger partial charge is 0.478 e. The minimum absolute atomic E-state index is 0.0547. The Hall–Kier alpha value is -3.59. The molecule has 2 heterocycles.